The summed E-state index contributed by atoms with van der Waals surface area (Å²) in [7, 11) is 0. The van der Waals surface area contributed by atoms with Gasteiger partial charge in [0, 0.05) is 4.90 Å². The van der Waals surface area contributed by atoms with Crippen molar-refractivity contribution in [2.24, 2.45) is 0 Å². The van der Waals surface area contributed by atoms with Gasteiger partial charge in [0.25, 0.3) is 0 Å². The van der Waals surface area contributed by atoms with Gasteiger partial charge in [-0.3, -0.25) is 9.59 Å². The molecule has 1 aromatic rings. The Hall–Kier alpha value is -2.21. The van der Waals surface area contributed by atoms with Gasteiger partial charge in [0.05, 0.1) is 22.9 Å². The molecule has 0 aliphatic carbocycles. The van der Waals surface area contributed by atoms with Crippen molar-refractivity contribution in [3.05, 3.63) is 23.8 Å². The first-order valence-corrected chi connectivity index (χ1v) is 7.36. The van der Waals surface area contributed by atoms with Crippen LogP contribution in [-0.2, 0) is 20.5 Å². The average Bonchev–Trinajstić information content (AvgIpc) is 2.46. The van der Waals surface area contributed by atoms with Crippen LogP contribution >= 0.6 is 11.8 Å². The standard InChI is InChI=1S/C14H11F3N2O3S/c1-7(6-18)22-12(20)5-11-13(21)19-9-4-8(14(15,16)17)2-3-10(9)23-11/h2-4,7,11H,5H2,1H3,(H,19,21). The van der Waals surface area contributed by atoms with Gasteiger partial charge < -0.3 is 10.1 Å². The van der Waals surface area contributed by atoms with E-state index in [0.717, 1.165) is 23.9 Å². The molecule has 1 amide bonds. The third-order valence-corrected chi connectivity index (χ3v) is 4.24. The second-order valence-corrected chi connectivity index (χ2v) is 6.01. The molecule has 1 aromatic carbocycles. The molecule has 1 heterocycles. The molecule has 0 aromatic heterocycles. The quantitative estimate of drug-likeness (QED) is 0.853. The topological polar surface area (TPSA) is 79.2 Å². The van der Waals surface area contributed by atoms with E-state index < -0.39 is 35.0 Å². The molecule has 0 saturated carbocycles. The van der Waals surface area contributed by atoms with Crippen LogP contribution < -0.4 is 5.32 Å². The third kappa shape index (κ3) is 4.16. The molecule has 0 bridgehead atoms. The number of nitrogens with zero attached hydrogens (tertiary/aromatic N) is 1. The number of hydrogen-bond donors (Lipinski definition) is 1. The Morgan fingerprint density at radius 2 is 2.22 bits per heavy atom. The molecular formula is C14H11F3N2O3S. The van der Waals surface area contributed by atoms with Gasteiger partial charge in [0.2, 0.25) is 5.91 Å². The van der Waals surface area contributed by atoms with Gasteiger partial charge in [-0.1, -0.05) is 0 Å². The van der Waals surface area contributed by atoms with Gasteiger partial charge in [0.1, 0.15) is 6.07 Å². The van der Waals surface area contributed by atoms with E-state index in [1.807, 2.05) is 0 Å². The van der Waals surface area contributed by atoms with Crippen LogP contribution in [0.3, 0.4) is 0 Å². The fourth-order valence-electron chi connectivity index (χ4n) is 1.88. The molecule has 0 spiro atoms. The van der Waals surface area contributed by atoms with Crippen molar-refractivity contribution in [1.82, 2.24) is 0 Å². The molecule has 2 atom stereocenters. The van der Waals surface area contributed by atoms with Crippen LogP contribution in [0.25, 0.3) is 0 Å². The first-order valence-electron chi connectivity index (χ1n) is 6.48. The summed E-state index contributed by atoms with van der Waals surface area (Å²) in [5.41, 5.74) is -0.803. The van der Waals surface area contributed by atoms with Crippen LogP contribution in [0, 0.1) is 11.3 Å². The lowest BCUT2D eigenvalue weighted by Gasteiger charge is -2.24. The van der Waals surface area contributed by atoms with E-state index in [1.165, 1.54) is 13.0 Å². The maximum absolute atomic E-state index is 12.7. The SMILES string of the molecule is CC(C#N)OC(=O)CC1Sc2ccc(C(F)(F)F)cc2NC1=O. The van der Waals surface area contributed by atoms with Crippen molar-refractivity contribution >= 4 is 29.3 Å². The maximum Gasteiger partial charge on any atom is 0.416 e. The van der Waals surface area contributed by atoms with Crippen LogP contribution in [0.15, 0.2) is 23.1 Å². The highest BCUT2D eigenvalue weighted by Gasteiger charge is 2.34. The molecular weight excluding hydrogens is 333 g/mol. The van der Waals surface area contributed by atoms with E-state index in [1.54, 1.807) is 6.07 Å². The number of halogens is 3. The van der Waals surface area contributed by atoms with Gasteiger partial charge in [0.15, 0.2) is 6.10 Å². The van der Waals surface area contributed by atoms with E-state index in [9.17, 15) is 22.8 Å². The fraction of sp³-hybridized carbons (Fsp3) is 0.357. The number of rotatable bonds is 3. The van der Waals surface area contributed by atoms with Crippen molar-refractivity contribution in [3.63, 3.8) is 0 Å². The molecule has 122 valence electrons. The molecule has 2 unspecified atom stereocenters. The zero-order valence-corrected chi connectivity index (χ0v) is 12.6. The van der Waals surface area contributed by atoms with Crippen LogP contribution in [0.1, 0.15) is 18.9 Å². The van der Waals surface area contributed by atoms with Crippen molar-refractivity contribution in [3.8, 4) is 6.07 Å². The number of nitrogens with one attached hydrogen (secondary N) is 1. The molecule has 1 aliphatic heterocycles. The van der Waals surface area contributed by atoms with E-state index in [2.05, 4.69) is 5.32 Å². The zero-order chi connectivity index (χ0) is 17.2. The summed E-state index contributed by atoms with van der Waals surface area (Å²) < 4.78 is 42.7. The number of ether oxygens (including phenoxy) is 1. The normalized spacial score (nSPS) is 18.4. The van der Waals surface area contributed by atoms with E-state index in [-0.39, 0.29) is 12.1 Å². The number of carbonyl (C=O) groups excluding carboxylic acids is 2. The van der Waals surface area contributed by atoms with Gasteiger partial charge >= 0.3 is 12.1 Å². The Balaban J connectivity index is 2.11. The van der Waals surface area contributed by atoms with Crippen LogP contribution in [-0.4, -0.2) is 23.2 Å². The van der Waals surface area contributed by atoms with Crippen molar-refractivity contribution in [2.75, 3.05) is 5.32 Å². The van der Waals surface area contributed by atoms with Crippen LogP contribution in [0.2, 0.25) is 0 Å². The predicted molar refractivity (Wildman–Crippen MR) is 75.5 cm³/mol. The summed E-state index contributed by atoms with van der Waals surface area (Å²) >= 11 is 0.984. The fourth-order valence-corrected chi connectivity index (χ4v) is 2.96. The molecule has 0 radical (unpaired) electrons. The Kier molecular flexibility index (Phi) is 4.85. The third-order valence-electron chi connectivity index (χ3n) is 2.97. The predicted octanol–water partition coefficient (Wildman–Crippen LogP) is 2.96. The Labute approximate surface area is 133 Å². The van der Waals surface area contributed by atoms with Crippen molar-refractivity contribution in [1.29, 1.82) is 5.26 Å². The van der Waals surface area contributed by atoms with Gasteiger partial charge in [-0.05, 0) is 25.1 Å². The van der Waals surface area contributed by atoms with E-state index in [4.69, 9.17) is 10.00 Å². The van der Waals surface area contributed by atoms with Gasteiger partial charge in [-0.15, -0.1) is 11.8 Å². The van der Waals surface area contributed by atoms with Crippen LogP contribution in [0.5, 0.6) is 0 Å². The van der Waals surface area contributed by atoms with E-state index >= 15 is 0 Å². The van der Waals surface area contributed by atoms with Gasteiger partial charge in [-0.25, -0.2) is 0 Å². The Morgan fingerprint density at radius 3 is 2.83 bits per heavy atom. The first kappa shape index (κ1) is 17.1. The lowest BCUT2D eigenvalue weighted by atomic mass is 10.1. The molecule has 23 heavy (non-hydrogen) atoms. The molecule has 5 nitrogen and oxygen atoms in total. The molecule has 1 N–H and O–H groups in total. The summed E-state index contributed by atoms with van der Waals surface area (Å²) in [5.74, 6) is -1.30. The summed E-state index contributed by atoms with van der Waals surface area (Å²) in [6.07, 6.45) is -5.71. The van der Waals surface area contributed by atoms with Gasteiger partial charge in [-0.2, -0.15) is 18.4 Å². The largest absolute Gasteiger partial charge is 0.447 e. The summed E-state index contributed by atoms with van der Waals surface area (Å²) in [5, 5.41) is 10.1. The first-order chi connectivity index (χ1) is 10.7. The smallest absolute Gasteiger partial charge is 0.416 e. The highest BCUT2D eigenvalue weighted by molar-refractivity contribution is 8.01. The number of anilines is 1. The maximum atomic E-state index is 12.7. The molecule has 0 saturated heterocycles. The second-order valence-electron chi connectivity index (χ2n) is 4.77. The van der Waals surface area contributed by atoms with Crippen molar-refractivity contribution < 1.29 is 27.5 Å². The summed E-state index contributed by atoms with van der Waals surface area (Å²) in [6, 6.07) is 4.74. The number of hydrogen-bond acceptors (Lipinski definition) is 5. The summed E-state index contributed by atoms with van der Waals surface area (Å²) in [6.45, 7) is 1.39. The Morgan fingerprint density at radius 1 is 1.52 bits per heavy atom. The number of benzene rings is 1. The number of carbonyl (C=O) groups is 2. The lowest BCUT2D eigenvalue weighted by Crippen LogP contribution is -2.32. The number of amides is 1. The number of alkyl halides is 3. The second kappa shape index (κ2) is 6.50. The monoisotopic (exact) mass is 344 g/mol. The molecule has 2 rings (SSSR count). The molecule has 0 fully saturated rings. The Bertz CT molecular complexity index is 685. The number of nitriles is 1. The molecule has 1 aliphatic rings. The number of esters is 1. The lowest BCUT2D eigenvalue weighted by molar-refractivity contribution is -0.146. The molecule has 9 heteroatoms. The minimum atomic E-state index is -4.50. The summed E-state index contributed by atoms with van der Waals surface area (Å²) in [4.78, 5) is 24.0. The van der Waals surface area contributed by atoms with Crippen LogP contribution in [0.4, 0.5) is 18.9 Å². The highest BCUT2D eigenvalue weighted by Crippen LogP contribution is 2.40. The van der Waals surface area contributed by atoms with Crippen molar-refractivity contribution in [2.45, 2.75) is 35.8 Å². The number of thioether (sulfide) groups is 1. The highest BCUT2D eigenvalue weighted by atomic mass is 32.2. The minimum absolute atomic E-state index is 0.0600. The average molecular weight is 344 g/mol. The number of fused-ring (bicyclic) bond motifs is 1. The van der Waals surface area contributed by atoms with E-state index in [0.29, 0.717) is 4.90 Å². The minimum Gasteiger partial charge on any atom is -0.447 e. The zero-order valence-electron chi connectivity index (χ0n) is 11.8.